The van der Waals surface area contributed by atoms with Crippen LogP contribution in [0.5, 0.6) is 0 Å². The number of hydrogen-bond acceptors (Lipinski definition) is 2. The van der Waals surface area contributed by atoms with Crippen LogP contribution in [0.4, 0.5) is 14.9 Å². The summed E-state index contributed by atoms with van der Waals surface area (Å²) in [7, 11) is 0. The standard InChI is InChI=1S/C27H32FN3O/c1-19(2)24-9-7-10-25(20(3)4)26(24)30-27(32)31(17-15-23-8-5-6-16-29-23)18-21-11-13-22(28)14-12-21/h5-14,16,19-20H,15,17-18H2,1-4H3,(H,30,32). The van der Waals surface area contributed by atoms with Gasteiger partial charge in [-0.3, -0.25) is 4.98 Å². The molecule has 1 N–H and O–H groups in total. The molecular weight excluding hydrogens is 401 g/mol. The van der Waals surface area contributed by atoms with E-state index < -0.39 is 0 Å². The number of carbonyl (C=O) groups excluding carboxylic acids is 1. The molecule has 0 aliphatic rings. The summed E-state index contributed by atoms with van der Waals surface area (Å²) in [6, 6.07) is 18.1. The van der Waals surface area contributed by atoms with Gasteiger partial charge >= 0.3 is 6.03 Å². The van der Waals surface area contributed by atoms with Crippen LogP contribution in [-0.2, 0) is 13.0 Å². The highest BCUT2D eigenvalue weighted by Crippen LogP contribution is 2.32. The summed E-state index contributed by atoms with van der Waals surface area (Å²) in [5, 5.41) is 3.20. The van der Waals surface area contributed by atoms with Crippen molar-refractivity contribution in [2.45, 2.75) is 52.5 Å². The quantitative estimate of drug-likeness (QED) is 0.427. The molecule has 0 saturated carbocycles. The highest BCUT2D eigenvalue weighted by Gasteiger charge is 2.20. The van der Waals surface area contributed by atoms with Gasteiger partial charge in [-0.1, -0.05) is 64.1 Å². The van der Waals surface area contributed by atoms with Crippen LogP contribution in [-0.4, -0.2) is 22.5 Å². The predicted octanol–water partition coefficient (Wildman–Crippen LogP) is 6.74. The van der Waals surface area contributed by atoms with Crippen LogP contribution in [0.25, 0.3) is 0 Å². The molecule has 0 aliphatic heterocycles. The number of rotatable bonds is 8. The lowest BCUT2D eigenvalue weighted by Gasteiger charge is -2.26. The Kier molecular flexibility index (Phi) is 7.98. The second-order valence-electron chi connectivity index (χ2n) is 8.67. The minimum atomic E-state index is -0.286. The van der Waals surface area contributed by atoms with Gasteiger partial charge in [0.25, 0.3) is 0 Å². The highest BCUT2D eigenvalue weighted by molar-refractivity contribution is 5.91. The maximum Gasteiger partial charge on any atom is 0.322 e. The van der Waals surface area contributed by atoms with E-state index in [1.165, 1.54) is 12.1 Å². The van der Waals surface area contributed by atoms with E-state index in [2.05, 4.69) is 56.2 Å². The molecule has 4 nitrogen and oxygen atoms in total. The molecule has 2 aromatic carbocycles. The molecule has 0 spiro atoms. The lowest BCUT2D eigenvalue weighted by Crippen LogP contribution is -2.36. The lowest BCUT2D eigenvalue weighted by molar-refractivity contribution is 0.209. The Balaban J connectivity index is 1.86. The number of halogens is 1. The van der Waals surface area contributed by atoms with Gasteiger partial charge in [0.05, 0.1) is 0 Å². The summed E-state index contributed by atoms with van der Waals surface area (Å²) < 4.78 is 13.4. The molecule has 0 radical (unpaired) electrons. The van der Waals surface area contributed by atoms with E-state index >= 15 is 0 Å². The first-order valence-electron chi connectivity index (χ1n) is 11.2. The van der Waals surface area contributed by atoms with Crippen molar-refractivity contribution in [1.82, 2.24) is 9.88 Å². The third kappa shape index (κ3) is 6.16. The Morgan fingerprint density at radius 1 is 0.938 bits per heavy atom. The summed E-state index contributed by atoms with van der Waals surface area (Å²) >= 11 is 0. The van der Waals surface area contributed by atoms with Crippen molar-refractivity contribution in [3.8, 4) is 0 Å². The fourth-order valence-corrected chi connectivity index (χ4v) is 3.74. The van der Waals surface area contributed by atoms with E-state index in [4.69, 9.17) is 0 Å². The van der Waals surface area contributed by atoms with Crippen LogP contribution in [0.1, 0.15) is 61.9 Å². The van der Waals surface area contributed by atoms with Crippen LogP contribution < -0.4 is 5.32 Å². The summed E-state index contributed by atoms with van der Waals surface area (Å²) in [6.07, 6.45) is 2.39. The van der Waals surface area contributed by atoms with E-state index in [9.17, 15) is 9.18 Å². The molecule has 0 atom stereocenters. The Hall–Kier alpha value is -3.21. The third-order valence-corrected chi connectivity index (χ3v) is 5.54. The number of para-hydroxylation sites is 1. The molecule has 0 fully saturated rings. The number of nitrogens with zero attached hydrogens (tertiary/aromatic N) is 2. The van der Waals surface area contributed by atoms with Crippen molar-refractivity contribution < 1.29 is 9.18 Å². The smallest absolute Gasteiger partial charge is 0.320 e. The molecule has 3 rings (SSSR count). The van der Waals surface area contributed by atoms with Crippen LogP contribution >= 0.6 is 0 Å². The summed E-state index contributed by atoms with van der Waals surface area (Å²) in [5.74, 6) is 0.275. The number of urea groups is 1. The van der Waals surface area contributed by atoms with Gasteiger partial charge in [-0.05, 0) is 52.8 Å². The number of anilines is 1. The molecule has 5 heteroatoms. The average molecular weight is 434 g/mol. The topological polar surface area (TPSA) is 45.2 Å². The Labute approximate surface area is 190 Å². The van der Waals surface area contributed by atoms with Crippen molar-refractivity contribution in [3.63, 3.8) is 0 Å². The molecule has 0 bridgehead atoms. The van der Waals surface area contributed by atoms with Crippen molar-refractivity contribution in [1.29, 1.82) is 0 Å². The number of aromatic nitrogens is 1. The first-order valence-corrected chi connectivity index (χ1v) is 11.2. The minimum absolute atomic E-state index is 0.166. The zero-order valence-corrected chi connectivity index (χ0v) is 19.3. The van der Waals surface area contributed by atoms with Gasteiger partial charge in [0, 0.05) is 37.1 Å². The van der Waals surface area contributed by atoms with Gasteiger partial charge in [-0.2, -0.15) is 0 Å². The number of pyridine rings is 1. The van der Waals surface area contributed by atoms with Gasteiger partial charge in [0.2, 0.25) is 0 Å². The van der Waals surface area contributed by atoms with Crippen molar-refractivity contribution >= 4 is 11.7 Å². The molecular formula is C27H32FN3O. The lowest BCUT2D eigenvalue weighted by atomic mass is 9.93. The first kappa shape index (κ1) is 23.5. The summed E-state index contributed by atoms with van der Waals surface area (Å²) in [4.78, 5) is 19.6. The number of amides is 2. The van der Waals surface area contributed by atoms with Crippen LogP contribution in [0, 0.1) is 5.82 Å². The zero-order valence-electron chi connectivity index (χ0n) is 19.3. The first-order chi connectivity index (χ1) is 15.3. The third-order valence-electron chi connectivity index (χ3n) is 5.54. The second kappa shape index (κ2) is 10.9. The molecule has 0 unspecified atom stereocenters. The van der Waals surface area contributed by atoms with Crippen LogP contribution in [0.3, 0.4) is 0 Å². The highest BCUT2D eigenvalue weighted by atomic mass is 19.1. The zero-order chi connectivity index (χ0) is 23.1. The molecule has 2 amide bonds. The largest absolute Gasteiger partial charge is 0.322 e. The van der Waals surface area contributed by atoms with Gasteiger partial charge < -0.3 is 10.2 Å². The van der Waals surface area contributed by atoms with Gasteiger partial charge in [-0.15, -0.1) is 0 Å². The van der Waals surface area contributed by atoms with Gasteiger partial charge in [0.15, 0.2) is 0 Å². The molecule has 168 valence electrons. The molecule has 32 heavy (non-hydrogen) atoms. The van der Waals surface area contributed by atoms with E-state index in [0.29, 0.717) is 19.5 Å². The average Bonchev–Trinajstić information content (AvgIpc) is 2.78. The fourth-order valence-electron chi connectivity index (χ4n) is 3.74. The number of nitrogens with one attached hydrogen (secondary N) is 1. The number of benzene rings is 2. The van der Waals surface area contributed by atoms with Gasteiger partial charge in [-0.25, -0.2) is 9.18 Å². The van der Waals surface area contributed by atoms with E-state index in [1.54, 1.807) is 23.2 Å². The van der Waals surface area contributed by atoms with Crippen LogP contribution in [0.15, 0.2) is 66.9 Å². The van der Waals surface area contributed by atoms with Crippen molar-refractivity contribution in [3.05, 3.63) is 95.1 Å². The normalized spacial score (nSPS) is 11.1. The van der Waals surface area contributed by atoms with E-state index in [1.807, 2.05) is 18.2 Å². The van der Waals surface area contributed by atoms with Crippen LogP contribution in [0.2, 0.25) is 0 Å². The SMILES string of the molecule is CC(C)c1cccc(C(C)C)c1NC(=O)N(CCc1ccccn1)Cc1ccc(F)cc1. The molecule has 0 aliphatic carbocycles. The van der Waals surface area contributed by atoms with E-state index in [0.717, 1.165) is 28.1 Å². The Bertz CT molecular complexity index is 991. The minimum Gasteiger partial charge on any atom is -0.320 e. The second-order valence-corrected chi connectivity index (χ2v) is 8.67. The summed E-state index contributed by atoms with van der Waals surface area (Å²) in [6.45, 7) is 9.42. The molecule has 0 saturated heterocycles. The molecule has 1 heterocycles. The monoisotopic (exact) mass is 433 g/mol. The Morgan fingerprint density at radius 3 is 2.16 bits per heavy atom. The van der Waals surface area contributed by atoms with Crippen molar-refractivity contribution in [2.24, 2.45) is 0 Å². The predicted molar refractivity (Wildman–Crippen MR) is 128 cm³/mol. The van der Waals surface area contributed by atoms with Gasteiger partial charge in [0.1, 0.15) is 5.82 Å². The maximum atomic E-state index is 13.5. The fraction of sp³-hybridized carbons (Fsp3) is 0.333. The Morgan fingerprint density at radius 2 is 1.59 bits per heavy atom. The van der Waals surface area contributed by atoms with Crippen molar-refractivity contribution in [2.75, 3.05) is 11.9 Å². The number of carbonyl (C=O) groups is 1. The number of hydrogen-bond donors (Lipinski definition) is 1. The maximum absolute atomic E-state index is 13.5. The molecule has 1 aromatic heterocycles. The van der Waals surface area contributed by atoms with E-state index in [-0.39, 0.29) is 23.7 Å². The summed E-state index contributed by atoms with van der Waals surface area (Å²) in [5.41, 5.74) is 4.94. The molecule has 3 aromatic rings.